The third-order valence-corrected chi connectivity index (χ3v) is 3.63. The smallest absolute Gasteiger partial charge is 0.134 e. The van der Waals surface area contributed by atoms with Crippen LogP contribution in [-0.4, -0.2) is 0 Å². The van der Waals surface area contributed by atoms with Crippen molar-refractivity contribution in [1.29, 1.82) is 0 Å². The molecule has 3 aromatic rings. The monoisotopic (exact) mass is 261 g/mol. The first kappa shape index (κ1) is 11.4. The first-order chi connectivity index (χ1) is 8.72. The molecule has 0 fully saturated rings. The molecule has 0 amide bonds. The largest absolute Gasteiger partial charge is 0.459 e. The predicted molar refractivity (Wildman–Crippen MR) is 71.1 cm³/mol. The Morgan fingerprint density at radius 2 is 2.17 bits per heavy atom. The van der Waals surface area contributed by atoms with E-state index >= 15 is 0 Å². The molecule has 0 spiro atoms. The summed E-state index contributed by atoms with van der Waals surface area (Å²) in [6, 6.07) is 8.14. The minimum absolute atomic E-state index is 0.199. The Hall–Kier alpha value is -1.65. The van der Waals surface area contributed by atoms with E-state index in [1.165, 1.54) is 17.7 Å². The summed E-state index contributed by atoms with van der Waals surface area (Å²) in [7, 11) is 0. The first-order valence-corrected chi connectivity index (χ1v) is 6.62. The fraction of sp³-hybridized carbons (Fsp3) is 0.143. The molecule has 18 heavy (non-hydrogen) atoms. The molecule has 0 radical (unpaired) electrons. The standard InChI is InChI=1S/C14H12FNOS/c15-11-1-2-13-10(6-11)7-14(17-13)12(16)5-9-3-4-18-8-9/h1-4,6-8,12H,5,16H2. The molecular weight excluding hydrogens is 249 g/mol. The van der Waals surface area contributed by atoms with Gasteiger partial charge in [-0.3, -0.25) is 0 Å². The molecule has 1 aromatic carbocycles. The van der Waals surface area contributed by atoms with Crippen molar-refractivity contribution in [2.24, 2.45) is 5.73 Å². The quantitative estimate of drug-likeness (QED) is 0.777. The van der Waals surface area contributed by atoms with E-state index in [2.05, 4.69) is 5.38 Å². The summed E-state index contributed by atoms with van der Waals surface area (Å²) in [5.74, 6) is 0.433. The Bertz CT molecular complexity index is 660. The van der Waals surface area contributed by atoms with Gasteiger partial charge in [-0.15, -0.1) is 0 Å². The minimum Gasteiger partial charge on any atom is -0.459 e. The maximum Gasteiger partial charge on any atom is 0.134 e. The molecule has 4 heteroatoms. The van der Waals surface area contributed by atoms with Crippen LogP contribution in [0.1, 0.15) is 17.4 Å². The van der Waals surface area contributed by atoms with E-state index in [0.29, 0.717) is 11.3 Å². The third-order valence-electron chi connectivity index (χ3n) is 2.90. The number of furan rings is 1. The normalized spacial score (nSPS) is 13.0. The highest BCUT2D eigenvalue weighted by Gasteiger charge is 2.13. The zero-order chi connectivity index (χ0) is 12.5. The second-order valence-corrected chi connectivity index (χ2v) is 5.05. The van der Waals surface area contributed by atoms with Gasteiger partial charge in [0.25, 0.3) is 0 Å². The van der Waals surface area contributed by atoms with Gasteiger partial charge >= 0.3 is 0 Å². The van der Waals surface area contributed by atoms with Crippen LogP contribution in [0.3, 0.4) is 0 Å². The van der Waals surface area contributed by atoms with Crippen molar-refractivity contribution < 1.29 is 8.81 Å². The lowest BCUT2D eigenvalue weighted by molar-refractivity contribution is 0.494. The van der Waals surface area contributed by atoms with Crippen LogP contribution in [0.4, 0.5) is 4.39 Å². The molecular formula is C14H12FNOS. The Labute approximate surface area is 108 Å². The van der Waals surface area contributed by atoms with Gasteiger partial charge in [0, 0.05) is 5.39 Å². The lowest BCUT2D eigenvalue weighted by Crippen LogP contribution is -2.11. The zero-order valence-corrected chi connectivity index (χ0v) is 10.4. The Kier molecular flexibility index (Phi) is 2.89. The van der Waals surface area contributed by atoms with E-state index in [1.807, 2.05) is 17.5 Å². The predicted octanol–water partition coefficient (Wildman–Crippen LogP) is 3.88. The molecule has 0 saturated carbocycles. The van der Waals surface area contributed by atoms with Gasteiger partial charge in [-0.05, 0) is 53.1 Å². The van der Waals surface area contributed by atoms with Crippen molar-refractivity contribution >= 4 is 22.3 Å². The molecule has 2 heterocycles. The second-order valence-electron chi connectivity index (χ2n) is 4.27. The van der Waals surface area contributed by atoms with Crippen molar-refractivity contribution in [3.05, 3.63) is 58.2 Å². The van der Waals surface area contributed by atoms with Gasteiger partial charge in [-0.2, -0.15) is 11.3 Å². The number of rotatable bonds is 3. The minimum atomic E-state index is -0.263. The number of hydrogen-bond donors (Lipinski definition) is 1. The number of fused-ring (bicyclic) bond motifs is 1. The third kappa shape index (κ3) is 2.17. The van der Waals surface area contributed by atoms with E-state index in [9.17, 15) is 4.39 Å². The van der Waals surface area contributed by atoms with Crippen LogP contribution in [0.5, 0.6) is 0 Å². The van der Waals surface area contributed by atoms with E-state index < -0.39 is 0 Å². The summed E-state index contributed by atoms with van der Waals surface area (Å²) < 4.78 is 18.7. The highest BCUT2D eigenvalue weighted by molar-refractivity contribution is 7.07. The maximum absolute atomic E-state index is 13.1. The van der Waals surface area contributed by atoms with Crippen molar-refractivity contribution in [2.75, 3.05) is 0 Å². The summed E-state index contributed by atoms with van der Waals surface area (Å²) >= 11 is 1.65. The van der Waals surface area contributed by atoms with Crippen molar-refractivity contribution in [3.8, 4) is 0 Å². The molecule has 2 aromatic heterocycles. The van der Waals surface area contributed by atoms with E-state index in [-0.39, 0.29) is 11.9 Å². The Balaban J connectivity index is 1.89. The first-order valence-electron chi connectivity index (χ1n) is 5.68. The van der Waals surface area contributed by atoms with E-state index in [1.54, 1.807) is 17.4 Å². The Morgan fingerprint density at radius 3 is 2.94 bits per heavy atom. The molecule has 0 aliphatic carbocycles. The summed E-state index contributed by atoms with van der Waals surface area (Å²) in [4.78, 5) is 0. The molecule has 0 aliphatic rings. The molecule has 3 rings (SSSR count). The number of benzene rings is 1. The number of halogens is 1. The molecule has 0 saturated heterocycles. The summed E-state index contributed by atoms with van der Waals surface area (Å²) in [6.45, 7) is 0. The van der Waals surface area contributed by atoms with E-state index in [4.69, 9.17) is 10.2 Å². The van der Waals surface area contributed by atoms with Crippen molar-refractivity contribution in [1.82, 2.24) is 0 Å². The highest BCUT2D eigenvalue weighted by Crippen LogP contribution is 2.25. The van der Waals surface area contributed by atoms with Crippen molar-refractivity contribution in [2.45, 2.75) is 12.5 Å². The lowest BCUT2D eigenvalue weighted by Gasteiger charge is -2.06. The highest BCUT2D eigenvalue weighted by atomic mass is 32.1. The van der Waals surface area contributed by atoms with Crippen LogP contribution >= 0.6 is 11.3 Å². The van der Waals surface area contributed by atoms with Gasteiger partial charge < -0.3 is 10.2 Å². The van der Waals surface area contributed by atoms with Crippen LogP contribution in [0.15, 0.2) is 45.5 Å². The van der Waals surface area contributed by atoms with Crippen LogP contribution in [0.2, 0.25) is 0 Å². The van der Waals surface area contributed by atoms with Gasteiger partial charge in [-0.25, -0.2) is 4.39 Å². The number of hydrogen-bond acceptors (Lipinski definition) is 3. The van der Waals surface area contributed by atoms with Crippen LogP contribution < -0.4 is 5.73 Å². The Morgan fingerprint density at radius 1 is 1.28 bits per heavy atom. The van der Waals surface area contributed by atoms with E-state index in [0.717, 1.165) is 11.8 Å². The van der Waals surface area contributed by atoms with Gasteiger partial charge in [-0.1, -0.05) is 0 Å². The van der Waals surface area contributed by atoms with Crippen molar-refractivity contribution in [3.63, 3.8) is 0 Å². The van der Waals surface area contributed by atoms with Crippen LogP contribution in [0.25, 0.3) is 11.0 Å². The molecule has 1 atom stereocenters. The molecule has 92 valence electrons. The topological polar surface area (TPSA) is 39.2 Å². The van der Waals surface area contributed by atoms with Gasteiger partial charge in [0.15, 0.2) is 0 Å². The average molecular weight is 261 g/mol. The van der Waals surface area contributed by atoms with Gasteiger partial charge in [0.1, 0.15) is 17.2 Å². The molecule has 2 N–H and O–H groups in total. The molecule has 0 bridgehead atoms. The van der Waals surface area contributed by atoms with Crippen LogP contribution in [-0.2, 0) is 6.42 Å². The molecule has 1 unspecified atom stereocenters. The average Bonchev–Trinajstić information content (AvgIpc) is 2.96. The van der Waals surface area contributed by atoms with Gasteiger partial charge in [0.2, 0.25) is 0 Å². The zero-order valence-electron chi connectivity index (χ0n) is 9.60. The summed E-state index contributed by atoms with van der Waals surface area (Å²) in [5.41, 5.74) is 7.97. The fourth-order valence-electron chi connectivity index (χ4n) is 1.98. The molecule has 2 nitrogen and oxygen atoms in total. The van der Waals surface area contributed by atoms with Crippen LogP contribution in [0, 0.1) is 5.82 Å². The maximum atomic E-state index is 13.1. The second kappa shape index (κ2) is 4.55. The summed E-state index contributed by atoms with van der Waals surface area (Å²) in [6.07, 6.45) is 0.728. The number of nitrogens with two attached hydrogens (primary N) is 1. The lowest BCUT2D eigenvalue weighted by atomic mass is 10.1. The van der Waals surface area contributed by atoms with Gasteiger partial charge in [0.05, 0.1) is 6.04 Å². The fourth-order valence-corrected chi connectivity index (χ4v) is 2.66. The molecule has 0 aliphatic heterocycles. The SMILES string of the molecule is NC(Cc1ccsc1)c1cc2cc(F)ccc2o1. The number of thiophene rings is 1. The summed E-state index contributed by atoms with van der Waals surface area (Å²) in [5, 5.41) is 4.85.